The zero-order chi connectivity index (χ0) is 25.8. The number of alkyl halides is 3. The second-order valence-electron chi connectivity index (χ2n) is 7.38. The van der Waals surface area contributed by atoms with E-state index in [1.807, 2.05) is 0 Å². The Hall–Kier alpha value is -2.30. The summed E-state index contributed by atoms with van der Waals surface area (Å²) < 4.78 is 67.8. The SMILES string of the molecule is O=C(CN(CCc1ccccc1)S(=O)(=O)c1cc(Cl)ccc1Cl)Nc1ccc(Cl)cc1C(F)(F)F. The quantitative estimate of drug-likeness (QED) is 0.337. The van der Waals surface area contributed by atoms with Crippen LogP contribution >= 0.6 is 34.8 Å². The van der Waals surface area contributed by atoms with Crippen molar-refractivity contribution in [1.82, 2.24) is 4.31 Å². The molecule has 0 spiro atoms. The first-order chi connectivity index (χ1) is 16.4. The third kappa shape index (κ3) is 7.11. The molecule has 0 saturated carbocycles. The molecule has 186 valence electrons. The van der Waals surface area contributed by atoms with Crippen molar-refractivity contribution in [2.24, 2.45) is 0 Å². The number of carbonyl (C=O) groups excluding carboxylic acids is 1. The van der Waals surface area contributed by atoms with Gasteiger partial charge in [-0.2, -0.15) is 17.5 Å². The van der Waals surface area contributed by atoms with Crippen LogP contribution in [0.3, 0.4) is 0 Å². The molecule has 5 nitrogen and oxygen atoms in total. The number of halogens is 6. The molecule has 0 aliphatic rings. The number of anilines is 1. The summed E-state index contributed by atoms with van der Waals surface area (Å²) in [6.07, 6.45) is -4.55. The summed E-state index contributed by atoms with van der Waals surface area (Å²) in [5, 5.41) is 1.96. The van der Waals surface area contributed by atoms with Gasteiger partial charge in [0.05, 0.1) is 22.8 Å². The summed E-state index contributed by atoms with van der Waals surface area (Å²) in [5.74, 6) is -0.979. The summed E-state index contributed by atoms with van der Waals surface area (Å²) in [7, 11) is -4.34. The first-order valence-corrected chi connectivity index (χ1v) is 12.6. The van der Waals surface area contributed by atoms with Gasteiger partial charge in [-0.25, -0.2) is 8.42 Å². The van der Waals surface area contributed by atoms with Gasteiger partial charge in [0.2, 0.25) is 15.9 Å². The maximum absolute atomic E-state index is 13.4. The first-order valence-electron chi connectivity index (χ1n) is 10.0. The zero-order valence-corrected chi connectivity index (χ0v) is 20.9. The van der Waals surface area contributed by atoms with E-state index in [9.17, 15) is 26.4 Å². The number of nitrogens with one attached hydrogen (secondary N) is 1. The normalized spacial score (nSPS) is 12.1. The van der Waals surface area contributed by atoms with Crippen molar-refractivity contribution in [3.05, 3.63) is 92.9 Å². The Morgan fingerprint density at radius 1 is 0.914 bits per heavy atom. The number of carbonyl (C=O) groups is 1. The molecule has 3 rings (SSSR count). The maximum atomic E-state index is 13.4. The third-order valence-electron chi connectivity index (χ3n) is 4.88. The molecule has 1 amide bonds. The Balaban J connectivity index is 1.91. The van der Waals surface area contributed by atoms with Gasteiger partial charge in [0.15, 0.2) is 0 Å². The second-order valence-corrected chi connectivity index (χ2v) is 10.6. The molecule has 0 aliphatic heterocycles. The fraction of sp³-hybridized carbons (Fsp3) is 0.174. The summed E-state index contributed by atoms with van der Waals surface area (Å²) in [6.45, 7) is -0.909. The largest absolute Gasteiger partial charge is 0.418 e. The van der Waals surface area contributed by atoms with E-state index in [1.165, 1.54) is 18.2 Å². The van der Waals surface area contributed by atoms with E-state index in [1.54, 1.807) is 30.3 Å². The molecule has 12 heteroatoms. The van der Waals surface area contributed by atoms with Crippen LogP contribution in [-0.2, 0) is 27.4 Å². The molecular formula is C23H18Cl3F3N2O3S. The van der Waals surface area contributed by atoms with Crippen molar-refractivity contribution >= 4 is 56.4 Å². The lowest BCUT2D eigenvalue weighted by Gasteiger charge is -2.23. The van der Waals surface area contributed by atoms with Gasteiger partial charge in [-0.1, -0.05) is 65.1 Å². The number of hydrogen-bond donors (Lipinski definition) is 1. The standard InChI is InChI=1S/C23H18Cl3F3N2O3S/c24-16-7-9-20(18(12-16)23(27,28)29)30-22(32)14-31(11-10-15-4-2-1-3-5-15)35(33,34)21-13-17(25)6-8-19(21)26/h1-9,12-13H,10-11,14H2,(H,30,32). The molecule has 3 aromatic carbocycles. The van der Waals surface area contributed by atoms with Gasteiger partial charge in [0.25, 0.3) is 0 Å². The van der Waals surface area contributed by atoms with Crippen LogP contribution in [0.1, 0.15) is 11.1 Å². The summed E-state index contributed by atoms with van der Waals surface area (Å²) in [5.41, 5.74) is -0.912. The van der Waals surface area contributed by atoms with Crippen molar-refractivity contribution in [2.75, 3.05) is 18.4 Å². The molecule has 0 fully saturated rings. The van der Waals surface area contributed by atoms with Crippen molar-refractivity contribution in [2.45, 2.75) is 17.5 Å². The van der Waals surface area contributed by atoms with Crippen LogP contribution in [0.25, 0.3) is 0 Å². The monoisotopic (exact) mass is 564 g/mol. The average Bonchev–Trinajstić information content (AvgIpc) is 2.79. The average molecular weight is 566 g/mol. The van der Waals surface area contributed by atoms with E-state index >= 15 is 0 Å². The van der Waals surface area contributed by atoms with Crippen LogP contribution < -0.4 is 5.32 Å². The number of sulfonamides is 1. The van der Waals surface area contributed by atoms with Crippen LogP contribution in [-0.4, -0.2) is 31.7 Å². The molecular weight excluding hydrogens is 548 g/mol. The van der Waals surface area contributed by atoms with Crippen molar-refractivity contribution in [1.29, 1.82) is 0 Å². The number of rotatable bonds is 8. The summed E-state index contributed by atoms with van der Waals surface area (Å²) >= 11 is 17.7. The summed E-state index contributed by atoms with van der Waals surface area (Å²) in [4.78, 5) is 12.4. The minimum Gasteiger partial charge on any atom is -0.324 e. The molecule has 0 saturated heterocycles. The first kappa shape index (κ1) is 27.3. The minimum atomic E-state index is -4.79. The van der Waals surface area contributed by atoms with E-state index in [-0.39, 0.29) is 32.9 Å². The molecule has 0 atom stereocenters. The smallest absolute Gasteiger partial charge is 0.324 e. The topological polar surface area (TPSA) is 66.5 Å². The lowest BCUT2D eigenvalue weighted by molar-refractivity contribution is -0.137. The molecule has 0 radical (unpaired) electrons. The van der Waals surface area contributed by atoms with Gasteiger partial charge in [-0.3, -0.25) is 4.79 Å². The highest BCUT2D eigenvalue weighted by molar-refractivity contribution is 7.89. The van der Waals surface area contributed by atoms with Crippen LogP contribution in [0.4, 0.5) is 18.9 Å². The van der Waals surface area contributed by atoms with Crippen LogP contribution in [0.5, 0.6) is 0 Å². The number of benzene rings is 3. The van der Waals surface area contributed by atoms with Crippen LogP contribution in [0.15, 0.2) is 71.6 Å². The highest BCUT2D eigenvalue weighted by Crippen LogP contribution is 2.36. The van der Waals surface area contributed by atoms with Gasteiger partial charge in [-0.15, -0.1) is 0 Å². The predicted octanol–water partition coefficient (Wildman–Crippen LogP) is 6.54. The zero-order valence-electron chi connectivity index (χ0n) is 17.8. The van der Waals surface area contributed by atoms with Gasteiger partial charge in [-0.05, 0) is 48.4 Å². The Bertz CT molecular complexity index is 1320. The highest BCUT2D eigenvalue weighted by atomic mass is 35.5. The van der Waals surface area contributed by atoms with Gasteiger partial charge >= 0.3 is 6.18 Å². The van der Waals surface area contributed by atoms with Gasteiger partial charge in [0, 0.05) is 16.6 Å². The molecule has 0 aromatic heterocycles. The van der Waals surface area contributed by atoms with Crippen molar-refractivity contribution in [3.63, 3.8) is 0 Å². The fourth-order valence-corrected chi connectivity index (χ4v) is 5.51. The lowest BCUT2D eigenvalue weighted by Crippen LogP contribution is -2.39. The maximum Gasteiger partial charge on any atom is 0.418 e. The Labute approximate surface area is 215 Å². The van der Waals surface area contributed by atoms with Crippen molar-refractivity contribution in [3.8, 4) is 0 Å². The minimum absolute atomic E-state index is 0.108. The number of amides is 1. The number of nitrogens with zero attached hydrogens (tertiary/aromatic N) is 1. The lowest BCUT2D eigenvalue weighted by atomic mass is 10.1. The van der Waals surface area contributed by atoms with Gasteiger partial charge in [0.1, 0.15) is 4.90 Å². The van der Waals surface area contributed by atoms with E-state index in [0.717, 1.165) is 22.0 Å². The van der Waals surface area contributed by atoms with E-state index in [2.05, 4.69) is 5.32 Å². The molecule has 1 N–H and O–H groups in total. The fourth-order valence-electron chi connectivity index (χ4n) is 3.21. The molecule has 0 bridgehead atoms. The molecule has 0 aliphatic carbocycles. The van der Waals surface area contributed by atoms with Crippen LogP contribution in [0.2, 0.25) is 15.1 Å². The van der Waals surface area contributed by atoms with E-state index in [0.29, 0.717) is 6.07 Å². The van der Waals surface area contributed by atoms with E-state index in [4.69, 9.17) is 34.8 Å². The Kier molecular flexibility index (Phi) is 8.72. The highest BCUT2D eigenvalue weighted by Gasteiger charge is 2.35. The predicted molar refractivity (Wildman–Crippen MR) is 130 cm³/mol. The molecule has 3 aromatic rings. The van der Waals surface area contributed by atoms with Crippen LogP contribution in [0, 0.1) is 0 Å². The molecule has 35 heavy (non-hydrogen) atoms. The van der Waals surface area contributed by atoms with Gasteiger partial charge < -0.3 is 5.32 Å². The number of hydrogen-bond acceptors (Lipinski definition) is 3. The third-order valence-corrected chi connectivity index (χ3v) is 7.68. The Morgan fingerprint density at radius 3 is 2.20 bits per heavy atom. The van der Waals surface area contributed by atoms with E-state index < -0.39 is 39.9 Å². The second kappa shape index (κ2) is 11.2. The summed E-state index contributed by atoms with van der Waals surface area (Å²) in [6, 6.07) is 15.6. The Morgan fingerprint density at radius 2 is 1.54 bits per heavy atom. The molecule has 0 unspecified atom stereocenters. The molecule has 0 heterocycles. The van der Waals surface area contributed by atoms with Crippen molar-refractivity contribution < 1.29 is 26.4 Å².